The molecule has 8 heteroatoms. The normalized spacial score (nSPS) is 15.8. The van der Waals surface area contributed by atoms with Gasteiger partial charge in [0.15, 0.2) is 10.9 Å². The van der Waals surface area contributed by atoms with E-state index in [9.17, 15) is 9.59 Å². The molecular weight excluding hydrogens is 410 g/mol. The van der Waals surface area contributed by atoms with Crippen LogP contribution < -0.4 is 5.32 Å². The maximum Gasteiger partial charge on any atom is 0.265 e. The molecule has 1 fully saturated rings. The highest BCUT2D eigenvalue weighted by molar-refractivity contribution is 7.80. The summed E-state index contributed by atoms with van der Waals surface area (Å²) in [6.07, 6.45) is 3.06. The zero-order valence-corrected chi connectivity index (χ0v) is 16.6. The molecule has 6 nitrogen and oxygen atoms in total. The molecule has 2 amide bonds. The molecule has 29 heavy (non-hydrogen) atoms. The zero-order chi connectivity index (χ0) is 20.5. The first-order chi connectivity index (χ1) is 14.0. The topological polar surface area (TPSA) is 75.4 Å². The lowest BCUT2D eigenvalue weighted by Gasteiger charge is -2.27. The number of fused-ring (bicyclic) bond motifs is 1. The van der Waals surface area contributed by atoms with E-state index in [1.165, 1.54) is 11.0 Å². The molecule has 0 bridgehead atoms. The van der Waals surface area contributed by atoms with Crippen molar-refractivity contribution in [1.82, 2.24) is 15.4 Å². The van der Waals surface area contributed by atoms with Crippen molar-refractivity contribution in [3.8, 4) is 11.3 Å². The second-order valence-corrected chi connectivity index (χ2v) is 7.14. The van der Waals surface area contributed by atoms with Crippen LogP contribution in [0.25, 0.3) is 28.3 Å². The van der Waals surface area contributed by atoms with Crippen molar-refractivity contribution in [2.45, 2.75) is 0 Å². The van der Waals surface area contributed by atoms with Crippen molar-refractivity contribution in [3.05, 3.63) is 71.3 Å². The first kappa shape index (κ1) is 19.0. The van der Waals surface area contributed by atoms with Crippen LogP contribution in [0, 0.1) is 0 Å². The number of carbonyl (C=O) groups is 2. The van der Waals surface area contributed by atoms with Gasteiger partial charge in [0.25, 0.3) is 11.8 Å². The number of hydrogen-bond acceptors (Lipinski definition) is 5. The van der Waals surface area contributed by atoms with Gasteiger partial charge in [0.05, 0.1) is 5.39 Å². The molecule has 1 aromatic heterocycles. The van der Waals surface area contributed by atoms with E-state index in [-0.39, 0.29) is 17.2 Å². The van der Waals surface area contributed by atoms with Gasteiger partial charge in [0, 0.05) is 17.1 Å². The van der Waals surface area contributed by atoms with Crippen LogP contribution in [0.15, 0.2) is 65.2 Å². The number of nitrogens with one attached hydrogen (secondary N) is 1. The minimum absolute atomic E-state index is 0.00991. The lowest BCUT2D eigenvalue weighted by molar-refractivity contribution is -0.128. The molecule has 0 saturated carbocycles. The monoisotopic (exact) mass is 423 g/mol. The van der Waals surface area contributed by atoms with Crippen molar-refractivity contribution >= 4 is 57.7 Å². The van der Waals surface area contributed by atoms with E-state index in [0.29, 0.717) is 21.9 Å². The first-order valence-corrected chi connectivity index (χ1v) is 9.41. The number of carbonyl (C=O) groups excluding carboxylic acids is 2. The lowest BCUT2D eigenvalue weighted by atomic mass is 10.0. The maximum absolute atomic E-state index is 12.7. The van der Waals surface area contributed by atoms with Crippen molar-refractivity contribution in [3.63, 3.8) is 0 Å². The Morgan fingerprint density at radius 2 is 1.97 bits per heavy atom. The third-order valence-electron chi connectivity index (χ3n) is 4.42. The summed E-state index contributed by atoms with van der Waals surface area (Å²) in [5.41, 5.74) is 2.12. The average Bonchev–Trinajstić information content (AvgIpc) is 3.12. The Morgan fingerprint density at radius 1 is 1.21 bits per heavy atom. The van der Waals surface area contributed by atoms with Crippen LogP contribution in [0.4, 0.5) is 0 Å². The molecular formula is C21H14ClN3O3S. The predicted molar refractivity (Wildman–Crippen MR) is 115 cm³/mol. The van der Waals surface area contributed by atoms with Crippen molar-refractivity contribution in [1.29, 1.82) is 0 Å². The Hall–Kier alpha value is -3.29. The van der Waals surface area contributed by atoms with Gasteiger partial charge in [-0.05, 0) is 60.3 Å². The summed E-state index contributed by atoms with van der Waals surface area (Å²) in [5, 5.41) is 8.04. The Morgan fingerprint density at radius 3 is 2.69 bits per heavy atom. The highest BCUT2D eigenvalue weighted by atomic mass is 35.5. The third kappa shape index (κ3) is 3.57. The standard InChI is InChI=1S/C21H14ClN3O3S/c1-2-9-25-20(27)16(19(26)23-21(25)29)11-12-3-8-17-15(10-12)18(28-24-17)13-4-6-14(22)7-5-13/h2-8,10-11H,1,9H2,(H,23,26,29)/b16-11+. The van der Waals surface area contributed by atoms with Crippen molar-refractivity contribution < 1.29 is 14.1 Å². The largest absolute Gasteiger partial charge is 0.355 e. The van der Waals surface area contributed by atoms with Gasteiger partial charge >= 0.3 is 0 Å². The third-order valence-corrected chi connectivity index (χ3v) is 4.99. The van der Waals surface area contributed by atoms with Crippen LogP contribution in [0.5, 0.6) is 0 Å². The number of hydrogen-bond donors (Lipinski definition) is 1. The van der Waals surface area contributed by atoms with Gasteiger partial charge in [-0.25, -0.2) is 0 Å². The molecule has 0 unspecified atom stereocenters. The molecule has 2 heterocycles. The van der Waals surface area contributed by atoms with Crippen LogP contribution in [0.2, 0.25) is 5.02 Å². The van der Waals surface area contributed by atoms with Crippen LogP contribution in [-0.2, 0) is 9.59 Å². The second kappa shape index (κ2) is 7.62. The second-order valence-electron chi connectivity index (χ2n) is 6.32. The fourth-order valence-corrected chi connectivity index (χ4v) is 3.39. The van der Waals surface area contributed by atoms with E-state index in [2.05, 4.69) is 17.1 Å². The summed E-state index contributed by atoms with van der Waals surface area (Å²) < 4.78 is 5.49. The number of benzene rings is 2. The minimum atomic E-state index is -0.538. The molecule has 0 spiro atoms. The first-order valence-electron chi connectivity index (χ1n) is 8.63. The number of amides is 2. The smallest absolute Gasteiger partial charge is 0.265 e. The zero-order valence-electron chi connectivity index (χ0n) is 15.0. The SMILES string of the molecule is C=CCN1C(=O)/C(=C/c2ccc3noc(-c4ccc(Cl)cc4)c3c2)C(=O)NC1=S. The fraction of sp³-hybridized carbons (Fsp3) is 0.0476. The van der Waals surface area contributed by atoms with Crippen LogP contribution in [-0.4, -0.2) is 33.5 Å². The van der Waals surface area contributed by atoms with Gasteiger partial charge < -0.3 is 4.52 Å². The van der Waals surface area contributed by atoms with Gasteiger partial charge in [-0.3, -0.25) is 19.8 Å². The molecule has 1 aliphatic rings. The molecule has 4 rings (SSSR count). The molecule has 1 saturated heterocycles. The van der Waals surface area contributed by atoms with E-state index < -0.39 is 11.8 Å². The number of nitrogens with zero attached hydrogens (tertiary/aromatic N) is 2. The van der Waals surface area contributed by atoms with E-state index in [1.807, 2.05) is 18.2 Å². The lowest BCUT2D eigenvalue weighted by Crippen LogP contribution is -2.53. The number of halogens is 1. The molecule has 2 aromatic carbocycles. The summed E-state index contributed by atoms with van der Waals surface area (Å²) in [4.78, 5) is 26.3. The van der Waals surface area contributed by atoms with Crippen LogP contribution in [0.3, 0.4) is 0 Å². The van der Waals surface area contributed by atoms with E-state index in [1.54, 1.807) is 30.3 Å². The summed E-state index contributed by atoms with van der Waals surface area (Å²) in [7, 11) is 0. The molecule has 0 atom stereocenters. The number of aromatic nitrogens is 1. The van der Waals surface area contributed by atoms with Crippen LogP contribution in [0.1, 0.15) is 5.56 Å². The molecule has 3 aromatic rings. The predicted octanol–water partition coefficient (Wildman–Crippen LogP) is 3.96. The summed E-state index contributed by atoms with van der Waals surface area (Å²) >= 11 is 11.0. The number of thiocarbonyl (C=S) groups is 1. The summed E-state index contributed by atoms with van der Waals surface area (Å²) in [6, 6.07) is 12.5. The molecule has 0 aliphatic carbocycles. The Bertz CT molecular complexity index is 1200. The highest BCUT2D eigenvalue weighted by Crippen LogP contribution is 2.30. The van der Waals surface area contributed by atoms with Crippen molar-refractivity contribution in [2.75, 3.05) is 6.54 Å². The Kier molecular flexibility index (Phi) is 5.00. The quantitative estimate of drug-likeness (QED) is 0.297. The van der Waals surface area contributed by atoms with Crippen molar-refractivity contribution in [2.24, 2.45) is 0 Å². The molecule has 1 N–H and O–H groups in total. The molecule has 1 aliphatic heterocycles. The Balaban J connectivity index is 1.76. The maximum atomic E-state index is 12.7. The van der Waals surface area contributed by atoms with E-state index in [0.717, 1.165) is 10.9 Å². The van der Waals surface area contributed by atoms with Gasteiger partial charge in [-0.2, -0.15) is 0 Å². The van der Waals surface area contributed by atoms with Gasteiger partial charge in [-0.15, -0.1) is 6.58 Å². The summed E-state index contributed by atoms with van der Waals surface area (Å²) in [5.74, 6) is -0.434. The van der Waals surface area contributed by atoms with E-state index >= 15 is 0 Å². The average molecular weight is 424 g/mol. The van der Waals surface area contributed by atoms with Gasteiger partial charge in [0.1, 0.15) is 11.1 Å². The van der Waals surface area contributed by atoms with Crippen LogP contribution >= 0.6 is 23.8 Å². The Labute approximate surface area is 176 Å². The van der Waals surface area contributed by atoms with Gasteiger partial charge in [0.2, 0.25) is 0 Å². The fourth-order valence-electron chi connectivity index (χ4n) is 3.01. The van der Waals surface area contributed by atoms with Gasteiger partial charge in [-0.1, -0.05) is 28.9 Å². The molecule has 144 valence electrons. The minimum Gasteiger partial charge on any atom is -0.355 e. The van der Waals surface area contributed by atoms with E-state index in [4.69, 9.17) is 28.3 Å². The summed E-state index contributed by atoms with van der Waals surface area (Å²) in [6.45, 7) is 3.82. The molecule has 0 radical (unpaired) electrons. The highest BCUT2D eigenvalue weighted by Gasteiger charge is 2.32. The number of rotatable bonds is 4.